The third-order valence-electron chi connectivity index (χ3n) is 0.941. The molecule has 0 amide bonds. The summed E-state index contributed by atoms with van der Waals surface area (Å²) in [6, 6.07) is 0. The highest BCUT2D eigenvalue weighted by molar-refractivity contribution is 5.26. The molecule has 5 nitrogen and oxygen atoms in total. The number of hydrogen-bond donors (Lipinski definition) is 3. The summed E-state index contributed by atoms with van der Waals surface area (Å²) in [6.07, 6.45) is 1.02. The maximum Gasteiger partial charge on any atom is 0.257 e. The highest BCUT2D eigenvalue weighted by Crippen LogP contribution is 2.18. The van der Waals surface area contributed by atoms with Crippen molar-refractivity contribution in [2.45, 2.75) is 6.61 Å². The maximum absolute atomic E-state index is 8.72. The fourth-order valence-electron chi connectivity index (χ4n) is 0.478. The topological polar surface area (TPSA) is 86.5 Å². The van der Waals surface area contributed by atoms with Crippen LogP contribution in [0, 0.1) is 0 Å². The Balaban J connectivity index is 3.04. The quantitative estimate of drug-likeness (QED) is 0.486. The first kappa shape index (κ1) is 6.76. The van der Waals surface area contributed by atoms with Gasteiger partial charge in [0.2, 0.25) is 0 Å². The van der Waals surface area contributed by atoms with Crippen molar-refractivity contribution in [2.75, 3.05) is 0 Å². The van der Waals surface area contributed by atoms with Crippen LogP contribution >= 0.6 is 0 Å². The molecular formula is C5H6N2O3. The van der Waals surface area contributed by atoms with Gasteiger partial charge in [0, 0.05) is 0 Å². The third kappa shape index (κ3) is 1.14. The molecule has 0 aromatic carbocycles. The second-order valence-electron chi connectivity index (χ2n) is 1.65. The monoisotopic (exact) mass is 142 g/mol. The highest BCUT2D eigenvalue weighted by Gasteiger charge is 2.01. The normalized spacial score (nSPS) is 9.70. The van der Waals surface area contributed by atoms with Crippen molar-refractivity contribution in [3.63, 3.8) is 0 Å². The second-order valence-corrected chi connectivity index (χ2v) is 1.65. The van der Waals surface area contributed by atoms with E-state index < -0.39 is 11.6 Å². The van der Waals surface area contributed by atoms with E-state index in [0.717, 1.165) is 6.20 Å². The minimum atomic E-state index is -0.515. The van der Waals surface area contributed by atoms with Gasteiger partial charge in [-0.3, -0.25) is 0 Å². The molecule has 0 fully saturated rings. The molecule has 1 aromatic heterocycles. The second kappa shape index (κ2) is 2.49. The van der Waals surface area contributed by atoms with Crippen molar-refractivity contribution in [2.24, 2.45) is 0 Å². The standard InChI is InChI=1S/C5H6N2O3/c8-2-4-6-1-3(9)5(10)7-4/h1,8-9H,2H2,(H,6,7,10). The van der Waals surface area contributed by atoms with Crippen LogP contribution in [0.25, 0.3) is 0 Å². The molecule has 0 aliphatic heterocycles. The first-order valence-electron chi connectivity index (χ1n) is 2.58. The summed E-state index contributed by atoms with van der Waals surface area (Å²) in [4.78, 5) is 6.82. The fourth-order valence-corrected chi connectivity index (χ4v) is 0.478. The van der Waals surface area contributed by atoms with Crippen molar-refractivity contribution in [3.8, 4) is 11.6 Å². The number of aliphatic hydroxyl groups excluding tert-OH is 1. The van der Waals surface area contributed by atoms with Gasteiger partial charge in [0.15, 0.2) is 11.6 Å². The molecule has 1 rings (SSSR count). The number of aromatic hydroxyl groups is 2. The van der Waals surface area contributed by atoms with Crippen molar-refractivity contribution in [1.82, 2.24) is 9.97 Å². The fraction of sp³-hybridized carbons (Fsp3) is 0.200. The first-order chi connectivity index (χ1) is 4.74. The molecule has 0 spiro atoms. The summed E-state index contributed by atoms with van der Waals surface area (Å²) in [5.41, 5.74) is 0. The van der Waals surface area contributed by atoms with Crippen LogP contribution in [0.5, 0.6) is 11.6 Å². The highest BCUT2D eigenvalue weighted by atomic mass is 16.3. The molecule has 0 saturated carbocycles. The summed E-state index contributed by atoms with van der Waals surface area (Å²) >= 11 is 0. The Morgan fingerprint density at radius 3 is 2.60 bits per heavy atom. The van der Waals surface area contributed by atoms with Gasteiger partial charge in [0.25, 0.3) is 5.88 Å². The van der Waals surface area contributed by atoms with Crippen molar-refractivity contribution in [1.29, 1.82) is 0 Å². The van der Waals surface area contributed by atoms with Crippen molar-refractivity contribution >= 4 is 0 Å². The Morgan fingerprint density at radius 2 is 2.10 bits per heavy atom. The van der Waals surface area contributed by atoms with Crippen LogP contribution in [0.2, 0.25) is 0 Å². The number of nitrogens with zero attached hydrogens (tertiary/aromatic N) is 2. The zero-order valence-corrected chi connectivity index (χ0v) is 5.02. The summed E-state index contributed by atoms with van der Waals surface area (Å²) < 4.78 is 0. The van der Waals surface area contributed by atoms with Gasteiger partial charge < -0.3 is 15.3 Å². The molecule has 0 aliphatic rings. The number of aromatic nitrogens is 2. The molecule has 3 N–H and O–H groups in total. The molecule has 1 aromatic rings. The molecule has 54 valence electrons. The molecule has 0 aliphatic carbocycles. The van der Waals surface area contributed by atoms with Gasteiger partial charge in [-0.15, -0.1) is 0 Å². The minimum absolute atomic E-state index is 0.0790. The van der Waals surface area contributed by atoms with Crippen LogP contribution in [0.15, 0.2) is 6.20 Å². The van der Waals surface area contributed by atoms with E-state index in [4.69, 9.17) is 15.3 Å². The lowest BCUT2D eigenvalue weighted by atomic mass is 10.5. The molecule has 5 heteroatoms. The maximum atomic E-state index is 8.72. The average Bonchev–Trinajstić information content (AvgIpc) is 1.95. The van der Waals surface area contributed by atoms with Gasteiger partial charge in [-0.1, -0.05) is 0 Å². The Bertz CT molecular complexity index is 238. The van der Waals surface area contributed by atoms with E-state index in [9.17, 15) is 0 Å². The van der Waals surface area contributed by atoms with Crippen LogP contribution < -0.4 is 0 Å². The van der Waals surface area contributed by atoms with E-state index in [0.29, 0.717) is 0 Å². The summed E-state index contributed by atoms with van der Waals surface area (Å²) in [6.45, 7) is -0.353. The van der Waals surface area contributed by atoms with E-state index in [1.54, 1.807) is 0 Å². The van der Waals surface area contributed by atoms with E-state index in [1.165, 1.54) is 0 Å². The molecule has 0 saturated heterocycles. The molecular weight excluding hydrogens is 136 g/mol. The predicted molar refractivity (Wildman–Crippen MR) is 31.3 cm³/mol. The van der Waals surface area contributed by atoms with E-state index in [-0.39, 0.29) is 12.4 Å². The SMILES string of the molecule is OCc1ncc(O)c(O)n1. The molecule has 10 heavy (non-hydrogen) atoms. The lowest BCUT2D eigenvalue weighted by Gasteiger charge is -1.96. The zero-order valence-electron chi connectivity index (χ0n) is 5.02. The zero-order chi connectivity index (χ0) is 7.56. The Morgan fingerprint density at radius 1 is 1.40 bits per heavy atom. The van der Waals surface area contributed by atoms with Gasteiger partial charge in [-0.05, 0) is 0 Å². The lowest BCUT2D eigenvalue weighted by molar-refractivity contribution is 0.267. The lowest BCUT2D eigenvalue weighted by Crippen LogP contribution is -1.92. The Hall–Kier alpha value is -1.36. The number of hydrogen-bond acceptors (Lipinski definition) is 5. The van der Waals surface area contributed by atoms with Gasteiger partial charge >= 0.3 is 0 Å². The van der Waals surface area contributed by atoms with Gasteiger partial charge in [0.1, 0.15) is 6.61 Å². The van der Waals surface area contributed by atoms with E-state index in [1.807, 2.05) is 0 Å². The first-order valence-corrected chi connectivity index (χ1v) is 2.58. The summed E-state index contributed by atoms with van der Waals surface area (Å²) in [7, 11) is 0. The van der Waals surface area contributed by atoms with E-state index in [2.05, 4.69) is 9.97 Å². The van der Waals surface area contributed by atoms with Crippen LogP contribution in [-0.4, -0.2) is 25.3 Å². The van der Waals surface area contributed by atoms with Gasteiger partial charge in [-0.25, -0.2) is 4.98 Å². The van der Waals surface area contributed by atoms with E-state index >= 15 is 0 Å². The van der Waals surface area contributed by atoms with Gasteiger partial charge in [-0.2, -0.15) is 4.98 Å². The smallest absolute Gasteiger partial charge is 0.257 e. The molecule has 0 atom stereocenters. The minimum Gasteiger partial charge on any atom is -0.502 e. The molecule has 0 bridgehead atoms. The Labute approximate surface area is 56.6 Å². The number of rotatable bonds is 1. The van der Waals surface area contributed by atoms with Crippen LogP contribution in [-0.2, 0) is 6.61 Å². The van der Waals surface area contributed by atoms with Crippen LogP contribution in [0.3, 0.4) is 0 Å². The van der Waals surface area contributed by atoms with Crippen molar-refractivity contribution in [3.05, 3.63) is 12.0 Å². The Kier molecular flexibility index (Phi) is 1.68. The molecule has 0 radical (unpaired) electrons. The molecule has 1 heterocycles. The van der Waals surface area contributed by atoms with Crippen molar-refractivity contribution < 1.29 is 15.3 Å². The molecule has 0 unspecified atom stereocenters. The predicted octanol–water partition coefficient (Wildman–Crippen LogP) is -0.620. The van der Waals surface area contributed by atoms with Gasteiger partial charge in [0.05, 0.1) is 6.20 Å². The summed E-state index contributed by atoms with van der Waals surface area (Å²) in [5, 5.41) is 25.8. The average molecular weight is 142 g/mol. The van der Waals surface area contributed by atoms with Crippen LogP contribution in [0.1, 0.15) is 5.82 Å². The number of aliphatic hydroxyl groups is 1. The third-order valence-corrected chi connectivity index (χ3v) is 0.941. The summed E-state index contributed by atoms with van der Waals surface area (Å²) in [5.74, 6) is -0.827. The largest absolute Gasteiger partial charge is 0.502 e. The van der Waals surface area contributed by atoms with Crippen LogP contribution in [0.4, 0.5) is 0 Å².